The number of likely N-dealkylation sites (tertiary alicyclic amines) is 1. The lowest BCUT2D eigenvalue weighted by Gasteiger charge is -2.28. The fourth-order valence-corrected chi connectivity index (χ4v) is 4.75. The lowest BCUT2D eigenvalue weighted by atomic mass is 9.79. The fraction of sp³-hybridized carbons (Fsp3) is 0.333. The molecule has 0 bridgehead atoms. The summed E-state index contributed by atoms with van der Waals surface area (Å²) in [5.74, 6) is 1.73. The third kappa shape index (κ3) is 5.01. The minimum atomic E-state index is -0.462. The van der Waals surface area contributed by atoms with Crippen LogP contribution >= 0.6 is 0 Å². The van der Waals surface area contributed by atoms with Crippen LogP contribution in [0.15, 0.2) is 67.0 Å². The monoisotopic (exact) mass is 445 g/mol. The largest absolute Gasteiger partial charge is 0.497 e. The Balaban J connectivity index is 1.51. The number of hydrogen-bond acceptors (Lipinski definition) is 5. The number of amides is 1. The number of pyridine rings is 1. The average molecular weight is 446 g/mol. The molecule has 1 aromatic heterocycles. The van der Waals surface area contributed by atoms with E-state index in [2.05, 4.69) is 45.5 Å². The van der Waals surface area contributed by atoms with Gasteiger partial charge in [0.1, 0.15) is 11.5 Å². The number of aromatic nitrogens is 1. The van der Waals surface area contributed by atoms with E-state index >= 15 is 0 Å². The standard InChI is InChI=1S/C27H31N3O3/c1-28-26(31)27(16-20-6-8-21(9-7-20)22-5-4-13-29-17-22)12-14-30(19-27)18-23-15-24(32-2)10-11-25(23)33-3/h4-11,13,15,17H,12,14,16,18-19H2,1-3H3,(H,28,31). The van der Waals surface area contributed by atoms with Crippen molar-refractivity contribution < 1.29 is 14.3 Å². The van der Waals surface area contributed by atoms with Crippen LogP contribution in [0, 0.1) is 5.41 Å². The number of nitrogens with zero attached hydrogens (tertiary/aromatic N) is 2. The normalized spacial score (nSPS) is 18.2. The van der Waals surface area contributed by atoms with E-state index in [0.29, 0.717) is 19.5 Å². The molecule has 1 fully saturated rings. The number of hydrogen-bond donors (Lipinski definition) is 1. The smallest absolute Gasteiger partial charge is 0.227 e. The van der Waals surface area contributed by atoms with E-state index in [1.165, 1.54) is 0 Å². The van der Waals surface area contributed by atoms with Crippen molar-refractivity contribution in [3.8, 4) is 22.6 Å². The van der Waals surface area contributed by atoms with E-state index in [1.807, 2.05) is 30.5 Å². The van der Waals surface area contributed by atoms with Crippen molar-refractivity contribution in [1.82, 2.24) is 15.2 Å². The van der Waals surface area contributed by atoms with E-state index in [-0.39, 0.29) is 5.91 Å². The Morgan fingerprint density at radius 1 is 1.09 bits per heavy atom. The van der Waals surface area contributed by atoms with E-state index < -0.39 is 5.41 Å². The lowest BCUT2D eigenvalue weighted by molar-refractivity contribution is -0.130. The van der Waals surface area contributed by atoms with Crippen molar-refractivity contribution in [3.63, 3.8) is 0 Å². The molecule has 1 amide bonds. The van der Waals surface area contributed by atoms with Crippen LogP contribution < -0.4 is 14.8 Å². The summed E-state index contributed by atoms with van der Waals surface area (Å²) in [6, 6.07) is 18.3. The third-order valence-electron chi connectivity index (χ3n) is 6.51. The van der Waals surface area contributed by atoms with Crippen molar-refractivity contribution in [1.29, 1.82) is 0 Å². The first kappa shape index (κ1) is 22.8. The van der Waals surface area contributed by atoms with Crippen LogP contribution in [-0.2, 0) is 17.8 Å². The molecule has 4 rings (SSSR count). The van der Waals surface area contributed by atoms with Gasteiger partial charge in [-0.25, -0.2) is 0 Å². The van der Waals surface area contributed by atoms with Crippen molar-refractivity contribution in [3.05, 3.63) is 78.1 Å². The van der Waals surface area contributed by atoms with Gasteiger partial charge in [0.15, 0.2) is 0 Å². The van der Waals surface area contributed by atoms with Crippen LogP contribution in [-0.4, -0.2) is 50.1 Å². The summed E-state index contributed by atoms with van der Waals surface area (Å²) in [7, 11) is 5.07. The quantitative estimate of drug-likeness (QED) is 0.569. The summed E-state index contributed by atoms with van der Waals surface area (Å²) in [5.41, 5.74) is 3.97. The Bertz CT molecular complexity index is 1090. The van der Waals surface area contributed by atoms with Crippen molar-refractivity contribution >= 4 is 5.91 Å². The zero-order valence-corrected chi connectivity index (χ0v) is 19.5. The van der Waals surface area contributed by atoms with Crippen LogP contribution in [0.2, 0.25) is 0 Å². The Hall–Kier alpha value is -3.38. The molecule has 1 saturated heterocycles. The minimum Gasteiger partial charge on any atom is -0.497 e. The second kappa shape index (κ2) is 10.0. The van der Waals surface area contributed by atoms with Crippen molar-refractivity contribution in [2.75, 3.05) is 34.4 Å². The van der Waals surface area contributed by atoms with Gasteiger partial charge in [0.25, 0.3) is 0 Å². The van der Waals surface area contributed by atoms with Crippen LogP contribution in [0.3, 0.4) is 0 Å². The number of rotatable bonds is 8. The number of carbonyl (C=O) groups excluding carboxylic acids is 1. The van der Waals surface area contributed by atoms with E-state index in [4.69, 9.17) is 9.47 Å². The maximum absolute atomic E-state index is 13.1. The Kier molecular flexibility index (Phi) is 6.94. The van der Waals surface area contributed by atoms with Gasteiger partial charge in [-0.15, -0.1) is 0 Å². The zero-order valence-electron chi connectivity index (χ0n) is 19.5. The van der Waals surface area contributed by atoms with Gasteiger partial charge in [0, 0.05) is 38.1 Å². The SMILES string of the molecule is CNC(=O)C1(Cc2ccc(-c3cccnc3)cc2)CCN(Cc2cc(OC)ccc2OC)C1. The summed E-state index contributed by atoms with van der Waals surface area (Å²) >= 11 is 0. The highest BCUT2D eigenvalue weighted by Crippen LogP contribution is 2.37. The van der Waals surface area contributed by atoms with Crippen LogP contribution in [0.4, 0.5) is 0 Å². The van der Waals surface area contributed by atoms with E-state index in [1.54, 1.807) is 27.5 Å². The highest BCUT2D eigenvalue weighted by molar-refractivity contribution is 5.83. The third-order valence-corrected chi connectivity index (χ3v) is 6.51. The van der Waals surface area contributed by atoms with Gasteiger partial charge in [-0.05, 0) is 60.3 Å². The molecule has 1 aliphatic heterocycles. The van der Waals surface area contributed by atoms with Gasteiger partial charge in [-0.2, -0.15) is 0 Å². The maximum Gasteiger partial charge on any atom is 0.227 e. The predicted octanol–water partition coefficient (Wildman–Crippen LogP) is 3.95. The topological polar surface area (TPSA) is 63.7 Å². The number of methoxy groups -OCH3 is 2. The molecule has 172 valence electrons. The van der Waals surface area contributed by atoms with Crippen molar-refractivity contribution in [2.45, 2.75) is 19.4 Å². The van der Waals surface area contributed by atoms with Crippen LogP contribution in [0.5, 0.6) is 11.5 Å². The molecule has 1 N–H and O–H groups in total. The second-order valence-electron chi connectivity index (χ2n) is 8.61. The maximum atomic E-state index is 13.1. The fourth-order valence-electron chi connectivity index (χ4n) is 4.75. The molecule has 2 aromatic carbocycles. The van der Waals surface area contributed by atoms with Gasteiger partial charge in [0.05, 0.1) is 19.6 Å². The van der Waals surface area contributed by atoms with Crippen LogP contribution in [0.1, 0.15) is 17.5 Å². The first-order valence-corrected chi connectivity index (χ1v) is 11.2. The molecule has 3 aromatic rings. The zero-order chi connectivity index (χ0) is 23.3. The van der Waals surface area contributed by atoms with Gasteiger partial charge in [-0.3, -0.25) is 14.7 Å². The predicted molar refractivity (Wildman–Crippen MR) is 129 cm³/mol. The molecule has 0 saturated carbocycles. The Labute approximate surface area is 195 Å². The molecule has 33 heavy (non-hydrogen) atoms. The first-order valence-electron chi connectivity index (χ1n) is 11.2. The molecule has 0 aliphatic carbocycles. The summed E-state index contributed by atoms with van der Waals surface area (Å²) in [5, 5.41) is 2.91. The van der Waals surface area contributed by atoms with E-state index in [9.17, 15) is 4.79 Å². The molecular weight excluding hydrogens is 414 g/mol. The molecule has 1 unspecified atom stereocenters. The number of benzene rings is 2. The molecule has 1 atom stereocenters. The summed E-state index contributed by atoms with van der Waals surface area (Å²) in [6.45, 7) is 2.25. The number of ether oxygens (including phenoxy) is 2. The van der Waals surface area contributed by atoms with Gasteiger partial charge in [-0.1, -0.05) is 30.3 Å². The Morgan fingerprint density at radius 2 is 1.91 bits per heavy atom. The average Bonchev–Trinajstić information content (AvgIpc) is 3.27. The summed E-state index contributed by atoms with van der Waals surface area (Å²) in [6.07, 6.45) is 5.15. The molecule has 0 spiro atoms. The van der Waals surface area contributed by atoms with Crippen molar-refractivity contribution in [2.24, 2.45) is 5.41 Å². The molecular formula is C27H31N3O3. The van der Waals surface area contributed by atoms with Gasteiger partial charge < -0.3 is 14.8 Å². The second-order valence-corrected chi connectivity index (χ2v) is 8.61. The summed E-state index contributed by atoms with van der Waals surface area (Å²) < 4.78 is 10.9. The molecule has 2 heterocycles. The molecule has 6 nitrogen and oxygen atoms in total. The number of nitrogens with one attached hydrogen (secondary N) is 1. The highest BCUT2D eigenvalue weighted by Gasteiger charge is 2.44. The summed E-state index contributed by atoms with van der Waals surface area (Å²) in [4.78, 5) is 19.6. The lowest BCUT2D eigenvalue weighted by Crippen LogP contribution is -2.43. The van der Waals surface area contributed by atoms with E-state index in [0.717, 1.165) is 46.7 Å². The van der Waals surface area contributed by atoms with Gasteiger partial charge in [0.2, 0.25) is 5.91 Å². The molecule has 0 radical (unpaired) electrons. The first-order chi connectivity index (χ1) is 16.1. The molecule has 1 aliphatic rings. The van der Waals surface area contributed by atoms with Gasteiger partial charge >= 0.3 is 0 Å². The highest BCUT2D eigenvalue weighted by atomic mass is 16.5. The Morgan fingerprint density at radius 3 is 2.58 bits per heavy atom. The van der Waals surface area contributed by atoms with Crippen LogP contribution in [0.25, 0.3) is 11.1 Å². The number of carbonyl (C=O) groups is 1. The minimum absolute atomic E-state index is 0.0962. The molecule has 6 heteroatoms.